The molecular formula is C20H25N7O. The third kappa shape index (κ3) is 4.64. The highest BCUT2D eigenvalue weighted by molar-refractivity contribution is 5.93. The first-order chi connectivity index (χ1) is 13.4. The highest BCUT2D eigenvalue weighted by atomic mass is 16.2. The normalized spacial score (nSPS) is 10.6. The van der Waals surface area contributed by atoms with Gasteiger partial charge < -0.3 is 15.5 Å². The van der Waals surface area contributed by atoms with Crippen molar-refractivity contribution in [2.45, 2.75) is 6.92 Å². The van der Waals surface area contributed by atoms with Crippen molar-refractivity contribution in [3.05, 3.63) is 53.9 Å². The Balaban J connectivity index is 1.56. The molecule has 0 saturated heterocycles. The van der Waals surface area contributed by atoms with Crippen LogP contribution in [-0.4, -0.2) is 52.8 Å². The van der Waals surface area contributed by atoms with Gasteiger partial charge in [0.25, 0.3) is 5.91 Å². The Labute approximate surface area is 164 Å². The van der Waals surface area contributed by atoms with Crippen LogP contribution in [0.2, 0.25) is 0 Å². The molecule has 8 nitrogen and oxygen atoms in total. The first kappa shape index (κ1) is 19.3. The summed E-state index contributed by atoms with van der Waals surface area (Å²) < 4.78 is 1.60. The van der Waals surface area contributed by atoms with Gasteiger partial charge in [0, 0.05) is 51.6 Å². The molecule has 146 valence electrons. The molecule has 3 rings (SSSR count). The van der Waals surface area contributed by atoms with Crippen molar-refractivity contribution in [3.63, 3.8) is 0 Å². The summed E-state index contributed by atoms with van der Waals surface area (Å²) in [6.07, 6.45) is 0. The van der Waals surface area contributed by atoms with Gasteiger partial charge in [0.15, 0.2) is 0 Å². The second-order valence-electron chi connectivity index (χ2n) is 6.67. The fraction of sp³-hybridized carbons (Fsp3) is 0.300. The summed E-state index contributed by atoms with van der Waals surface area (Å²) in [7, 11) is 5.63. The fourth-order valence-corrected chi connectivity index (χ4v) is 2.73. The Hall–Kier alpha value is -3.42. The lowest BCUT2D eigenvalue weighted by molar-refractivity contribution is 0.0946. The van der Waals surface area contributed by atoms with Crippen LogP contribution in [0.3, 0.4) is 0 Å². The average molecular weight is 379 g/mol. The monoisotopic (exact) mass is 379 g/mol. The van der Waals surface area contributed by atoms with E-state index in [1.807, 2.05) is 62.3 Å². The number of hydrogen-bond acceptors (Lipinski definition) is 6. The zero-order valence-corrected chi connectivity index (χ0v) is 16.6. The number of benzene rings is 1. The van der Waals surface area contributed by atoms with Crippen molar-refractivity contribution in [2.75, 3.05) is 37.4 Å². The Morgan fingerprint density at radius 1 is 1.11 bits per heavy atom. The number of anilines is 2. The van der Waals surface area contributed by atoms with Crippen LogP contribution in [0.4, 0.5) is 11.8 Å². The number of carbonyl (C=O) groups is 1. The Kier molecular flexibility index (Phi) is 5.88. The van der Waals surface area contributed by atoms with E-state index in [9.17, 15) is 4.79 Å². The largest absolute Gasteiger partial charge is 0.363 e. The molecule has 3 aromatic rings. The third-order valence-electron chi connectivity index (χ3n) is 4.17. The van der Waals surface area contributed by atoms with Crippen molar-refractivity contribution < 1.29 is 4.79 Å². The predicted octanol–water partition coefficient (Wildman–Crippen LogP) is 2.09. The van der Waals surface area contributed by atoms with Gasteiger partial charge >= 0.3 is 0 Å². The maximum absolute atomic E-state index is 12.5. The average Bonchev–Trinajstić information content (AvgIpc) is 3.07. The summed E-state index contributed by atoms with van der Waals surface area (Å²) in [5.74, 6) is 1.21. The minimum atomic E-state index is -0.168. The SMILES string of the molecule is Cc1cc(N(C)C)nc(NCCNC(=O)c2cc(-c3ccccc3)nn2C)n1. The number of amides is 1. The summed E-state index contributed by atoms with van der Waals surface area (Å²) in [5.41, 5.74) is 3.15. The van der Waals surface area contributed by atoms with E-state index < -0.39 is 0 Å². The molecule has 2 aromatic heterocycles. The van der Waals surface area contributed by atoms with Crippen molar-refractivity contribution >= 4 is 17.7 Å². The lowest BCUT2D eigenvalue weighted by Crippen LogP contribution is -2.30. The van der Waals surface area contributed by atoms with Gasteiger partial charge in [-0.15, -0.1) is 0 Å². The first-order valence-corrected chi connectivity index (χ1v) is 9.08. The van der Waals surface area contributed by atoms with E-state index in [1.54, 1.807) is 17.8 Å². The van der Waals surface area contributed by atoms with E-state index in [2.05, 4.69) is 25.7 Å². The van der Waals surface area contributed by atoms with Crippen LogP contribution in [0, 0.1) is 6.92 Å². The maximum atomic E-state index is 12.5. The minimum absolute atomic E-state index is 0.168. The lowest BCUT2D eigenvalue weighted by Gasteiger charge is -2.14. The van der Waals surface area contributed by atoms with Crippen LogP contribution >= 0.6 is 0 Å². The number of aryl methyl sites for hydroxylation is 2. The standard InChI is InChI=1S/C20H25N7O/c1-14-12-18(26(2)3)24-20(23-14)22-11-10-21-19(28)17-13-16(25-27(17)4)15-8-6-5-7-9-15/h5-9,12-13H,10-11H2,1-4H3,(H,21,28)(H,22,23,24). The van der Waals surface area contributed by atoms with Crippen LogP contribution in [-0.2, 0) is 7.05 Å². The van der Waals surface area contributed by atoms with Crippen LogP contribution in [0.15, 0.2) is 42.5 Å². The molecule has 0 aliphatic carbocycles. The zero-order valence-electron chi connectivity index (χ0n) is 16.6. The highest BCUT2D eigenvalue weighted by Gasteiger charge is 2.13. The smallest absolute Gasteiger partial charge is 0.269 e. The van der Waals surface area contributed by atoms with Gasteiger partial charge in [0.05, 0.1) is 5.69 Å². The molecule has 0 bridgehead atoms. The molecule has 28 heavy (non-hydrogen) atoms. The van der Waals surface area contributed by atoms with Gasteiger partial charge in [-0.3, -0.25) is 9.48 Å². The van der Waals surface area contributed by atoms with Gasteiger partial charge in [-0.2, -0.15) is 10.1 Å². The van der Waals surface area contributed by atoms with Crippen molar-refractivity contribution in [1.29, 1.82) is 0 Å². The Bertz CT molecular complexity index is 950. The molecule has 0 atom stereocenters. The Morgan fingerprint density at radius 3 is 2.57 bits per heavy atom. The van der Waals surface area contributed by atoms with E-state index in [0.29, 0.717) is 24.7 Å². The van der Waals surface area contributed by atoms with Crippen molar-refractivity contribution in [1.82, 2.24) is 25.1 Å². The molecule has 0 radical (unpaired) electrons. The first-order valence-electron chi connectivity index (χ1n) is 9.08. The summed E-state index contributed by atoms with van der Waals surface area (Å²) >= 11 is 0. The van der Waals surface area contributed by atoms with Gasteiger partial charge in [-0.25, -0.2) is 4.98 Å². The van der Waals surface area contributed by atoms with E-state index >= 15 is 0 Å². The molecule has 8 heteroatoms. The molecule has 0 aliphatic heterocycles. The molecule has 0 spiro atoms. The van der Waals surface area contributed by atoms with Gasteiger partial charge in [-0.1, -0.05) is 30.3 Å². The quantitative estimate of drug-likeness (QED) is 0.611. The third-order valence-corrected chi connectivity index (χ3v) is 4.17. The van der Waals surface area contributed by atoms with Crippen LogP contribution in [0.5, 0.6) is 0 Å². The highest BCUT2D eigenvalue weighted by Crippen LogP contribution is 2.18. The molecule has 0 aliphatic rings. The van der Waals surface area contributed by atoms with Gasteiger partial charge in [0.1, 0.15) is 11.5 Å². The van der Waals surface area contributed by atoms with E-state index in [1.165, 1.54) is 0 Å². The summed E-state index contributed by atoms with van der Waals surface area (Å²) in [6.45, 7) is 2.89. The molecular weight excluding hydrogens is 354 g/mol. The second kappa shape index (κ2) is 8.51. The number of carbonyl (C=O) groups excluding carboxylic acids is 1. The second-order valence-corrected chi connectivity index (χ2v) is 6.67. The van der Waals surface area contributed by atoms with Gasteiger partial charge in [-0.05, 0) is 13.0 Å². The number of nitrogens with zero attached hydrogens (tertiary/aromatic N) is 5. The molecule has 0 unspecified atom stereocenters. The summed E-state index contributed by atoms with van der Waals surface area (Å²) in [4.78, 5) is 23.2. The number of nitrogens with one attached hydrogen (secondary N) is 2. The van der Waals surface area contributed by atoms with Crippen LogP contribution in [0.25, 0.3) is 11.3 Å². The summed E-state index contributed by atoms with van der Waals surface area (Å²) in [6, 6.07) is 13.5. The number of rotatable bonds is 7. The molecule has 2 heterocycles. The topological polar surface area (TPSA) is 88.0 Å². The number of hydrogen-bond donors (Lipinski definition) is 2. The van der Waals surface area contributed by atoms with Crippen molar-refractivity contribution in [3.8, 4) is 11.3 Å². The van der Waals surface area contributed by atoms with Gasteiger partial charge in [0.2, 0.25) is 5.95 Å². The molecule has 1 aromatic carbocycles. The van der Waals surface area contributed by atoms with E-state index in [-0.39, 0.29) is 5.91 Å². The number of aromatic nitrogens is 4. The van der Waals surface area contributed by atoms with Crippen molar-refractivity contribution in [2.24, 2.45) is 7.05 Å². The molecule has 2 N–H and O–H groups in total. The molecule has 1 amide bonds. The molecule has 0 saturated carbocycles. The fourth-order valence-electron chi connectivity index (χ4n) is 2.73. The van der Waals surface area contributed by atoms with Crippen LogP contribution < -0.4 is 15.5 Å². The van der Waals surface area contributed by atoms with E-state index in [0.717, 1.165) is 22.8 Å². The zero-order chi connectivity index (χ0) is 20.1. The lowest BCUT2D eigenvalue weighted by atomic mass is 10.1. The van der Waals surface area contributed by atoms with E-state index in [4.69, 9.17) is 0 Å². The molecule has 0 fully saturated rings. The van der Waals surface area contributed by atoms with Crippen LogP contribution in [0.1, 0.15) is 16.2 Å². The maximum Gasteiger partial charge on any atom is 0.269 e. The summed E-state index contributed by atoms with van der Waals surface area (Å²) in [5, 5.41) is 10.5. The predicted molar refractivity (Wildman–Crippen MR) is 111 cm³/mol. The minimum Gasteiger partial charge on any atom is -0.363 e. The Morgan fingerprint density at radius 2 is 1.86 bits per heavy atom.